The van der Waals surface area contributed by atoms with Crippen LogP contribution in [0.15, 0.2) is 60.2 Å². The maximum atomic E-state index is 12.1. The summed E-state index contributed by atoms with van der Waals surface area (Å²) in [5, 5.41) is 0. The van der Waals surface area contributed by atoms with E-state index in [0.717, 1.165) is 24.2 Å². The Morgan fingerprint density at radius 2 is 1.60 bits per heavy atom. The van der Waals surface area contributed by atoms with Gasteiger partial charge in [0.2, 0.25) is 0 Å². The van der Waals surface area contributed by atoms with Crippen molar-refractivity contribution in [3.63, 3.8) is 0 Å². The van der Waals surface area contributed by atoms with Crippen molar-refractivity contribution in [1.29, 1.82) is 0 Å². The number of esters is 1. The molecule has 1 aliphatic heterocycles. The maximum Gasteiger partial charge on any atom is 0.343 e. The Hall–Kier alpha value is -2.81. The van der Waals surface area contributed by atoms with Gasteiger partial charge in [0.25, 0.3) is 0 Å². The Labute approximate surface area is 149 Å². The zero-order valence-electron chi connectivity index (χ0n) is 15.0. The standard InChI is InChI=1S/C22H23NO2/c1-4-23(5-2)20-12-8-17(9-13-20)14-19-15-21(25-22(19)24)18-10-6-16(3)7-11-18/h6-15H,4-5H2,1-3H3. The highest BCUT2D eigenvalue weighted by Gasteiger charge is 2.21. The van der Waals surface area contributed by atoms with Crippen molar-refractivity contribution in [1.82, 2.24) is 0 Å². The molecule has 3 heteroatoms. The molecule has 0 saturated carbocycles. The molecule has 3 rings (SSSR count). The van der Waals surface area contributed by atoms with Gasteiger partial charge in [0.05, 0.1) is 5.57 Å². The minimum atomic E-state index is -0.302. The summed E-state index contributed by atoms with van der Waals surface area (Å²) in [6.07, 6.45) is 3.68. The molecule has 0 fully saturated rings. The van der Waals surface area contributed by atoms with Gasteiger partial charge in [-0.25, -0.2) is 4.79 Å². The van der Waals surface area contributed by atoms with Crippen LogP contribution in [0, 0.1) is 6.92 Å². The zero-order valence-corrected chi connectivity index (χ0v) is 15.0. The molecule has 0 saturated heterocycles. The van der Waals surface area contributed by atoms with Crippen LogP contribution in [0.5, 0.6) is 0 Å². The number of rotatable bonds is 5. The summed E-state index contributed by atoms with van der Waals surface area (Å²) in [5.74, 6) is 0.305. The number of carbonyl (C=O) groups excluding carboxylic acids is 1. The SMILES string of the molecule is CCN(CC)c1ccc(C=C2C=C(c3ccc(C)cc3)OC2=O)cc1. The molecule has 0 aliphatic carbocycles. The molecule has 1 heterocycles. The molecule has 0 bridgehead atoms. The summed E-state index contributed by atoms with van der Waals surface area (Å²) < 4.78 is 5.41. The second kappa shape index (κ2) is 7.39. The Bertz CT molecular complexity index is 810. The fourth-order valence-corrected chi connectivity index (χ4v) is 2.90. The number of hydrogen-bond donors (Lipinski definition) is 0. The number of nitrogens with zero attached hydrogens (tertiary/aromatic N) is 1. The molecule has 0 unspecified atom stereocenters. The van der Waals surface area contributed by atoms with Gasteiger partial charge in [-0.2, -0.15) is 0 Å². The van der Waals surface area contributed by atoms with E-state index < -0.39 is 0 Å². The van der Waals surface area contributed by atoms with Crippen LogP contribution in [0.2, 0.25) is 0 Å². The highest BCUT2D eigenvalue weighted by Crippen LogP contribution is 2.28. The number of ether oxygens (including phenoxy) is 1. The predicted octanol–water partition coefficient (Wildman–Crippen LogP) is 4.82. The summed E-state index contributed by atoms with van der Waals surface area (Å²) in [6, 6.07) is 16.2. The normalized spacial score (nSPS) is 15.2. The topological polar surface area (TPSA) is 29.5 Å². The fourth-order valence-electron chi connectivity index (χ4n) is 2.90. The summed E-state index contributed by atoms with van der Waals surface area (Å²) in [6.45, 7) is 8.28. The van der Waals surface area contributed by atoms with Crippen LogP contribution in [0.1, 0.15) is 30.5 Å². The number of cyclic esters (lactones) is 1. The third kappa shape index (κ3) is 3.82. The van der Waals surface area contributed by atoms with Gasteiger partial charge in [0, 0.05) is 24.3 Å². The molecule has 0 amide bonds. The molecular formula is C22H23NO2. The zero-order chi connectivity index (χ0) is 17.8. The molecule has 2 aromatic carbocycles. The second-order valence-corrected chi connectivity index (χ2v) is 6.13. The van der Waals surface area contributed by atoms with E-state index in [2.05, 4.69) is 30.9 Å². The number of carbonyl (C=O) groups is 1. The molecule has 3 nitrogen and oxygen atoms in total. The van der Waals surface area contributed by atoms with Crippen LogP contribution in [0.25, 0.3) is 11.8 Å². The van der Waals surface area contributed by atoms with Crippen molar-refractivity contribution in [2.24, 2.45) is 0 Å². The van der Waals surface area contributed by atoms with Gasteiger partial charge in [0.15, 0.2) is 0 Å². The Morgan fingerprint density at radius 1 is 0.960 bits per heavy atom. The molecule has 2 aromatic rings. The smallest absolute Gasteiger partial charge is 0.343 e. The van der Waals surface area contributed by atoms with E-state index >= 15 is 0 Å². The third-order valence-corrected chi connectivity index (χ3v) is 4.40. The quantitative estimate of drug-likeness (QED) is 0.580. The first-order chi connectivity index (χ1) is 12.1. The van der Waals surface area contributed by atoms with Crippen LogP contribution in [-0.2, 0) is 9.53 Å². The van der Waals surface area contributed by atoms with Gasteiger partial charge >= 0.3 is 5.97 Å². The minimum absolute atomic E-state index is 0.302. The van der Waals surface area contributed by atoms with E-state index in [1.54, 1.807) is 0 Å². The minimum Gasteiger partial charge on any atom is -0.422 e. The van der Waals surface area contributed by atoms with Crippen molar-refractivity contribution < 1.29 is 9.53 Å². The molecule has 0 aromatic heterocycles. The molecule has 1 aliphatic rings. The summed E-state index contributed by atoms with van der Waals surface area (Å²) in [4.78, 5) is 14.4. The number of hydrogen-bond acceptors (Lipinski definition) is 3. The average Bonchev–Trinajstić information content (AvgIpc) is 2.99. The maximum absolute atomic E-state index is 12.1. The molecular weight excluding hydrogens is 310 g/mol. The van der Waals surface area contributed by atoms with Crippen LogP contribution in [-0.4, -0.2) is 19.1 Å². The van der Waals surface area contributed by atoms with Gasteiger partial charge in [-0.3, -0.25) is 0 Å². The third-order valence-electron chi connectivity index (χ3n) is 4.40. The molecule has 25 heavy (non-hydrogen) atoms. The largest absolute Gasteiger partial charge is 0.422 e. The second-order valence-electron chi connectivity index (χ2n) is 6.13. The van der Waals surface area contributed by atoms with Crippen LogP contribution < -0.4 is 4.90 Å². The van der Waals surface area contributed by atoms with E-state index in [9.17, 15) is 4.79 Å². The fraction of sp³-hybridized carbons (Fsp3) is 0.227. The first-order valence-electron chi connectivity index (χ1n) is 8.68. The van der Waals surface area contributed by atoms with Crippen molar-refractivity contribution >= 4 is 23.5 Å². The highest BCUT2D eigenvalue weighted by atomic mass is 16.5. The van der Waals surface area contributed by atoms with E-state index in [-0.39, 0.29) is 5.97 Å². The highest BCUT2D eigenvalue weighted by molar-refractivity contribution is 6.05. The van der Waals surface area contributed by atoms with Crippen molar-refractivity contribution in [3.8, 4) is 0 Å². The van der Waals surface area contributed by atoms with Crippen molar-refractivity contribution in [2.45, 2.75) is 20.8 Å². The Balaban J connectivity index is 1.83. The summed E-state index contributed by atoms with van der Waals surface area (Å²) in [5.41, 5.74) is 4.85. The van der Waals surface area contributed by atoms with Crippen molar-refractivity contribution in [3.05, 3.63) is 76.9 Å². The van der Waals surface area contributed by atoms with E-state index in [4.69, 9.17) is 4.74 Å². The lowest BCUT2D eigenvalue weighted by atomic mass is 10.1. The lowest BCUT2D eigenvalue weighted by Crippen LogP contribution is -2.21. The van der Waals surface area contributed by atoms with Crippen LogP contribution in [0.4, 0.5) is 5.69 Å². The lowest BCUT2D eigenvalue weighted by Gasteiger charge is -2.20. The van der Waals surface area contributed by atoms with Crippen LogP contribution in [0.3, 0.4) is 0 Å². The molecule has 0 atom stereocenters. The number of aryl methyl sites for hydroxylation is 1. The first-order valence-corrected chi connectivity index (χ1v) is 8.68. The Morgan fingerprint density at radius 3 is 2.20 bits per heavy atom. The number of anilines is 1. The number of benzene rings is 2. The van der Waals surface area contributed by atoms with Gasteiger partial charge in [-0.1, -0.05) is 42.0 Å². The van der Waals surface area contributed by atoms with Gasteiger partial charge in [-0.15, -0.1) is 0 Å². The van der Waals surface area contributed by atoms with Gasteiger partial charge < -0.3 is 9.64 Å². The molecule has 0 spiro atoms. The van der Waals surface area contributed by atoms with E-state index in [1.807, 2.05) is 55.5 Å². The summed E-state index contributed by atoms with van der Waals surface area (Å²) >= 11 is 0. The summed E-state index contributed by atoms with van der Waals surface area (Å²) in [7, 11) is 0. The van der Waals surface area contributed by atoms with Crippen LogP contribution >= 0.6 is 0 Å². The predicted molar refractivity (Wildman–Crippen MR) is 103 cm³/mol. The van der Waals surface area contributed by atoms with Crippen molar-refractivity contribution in [2.75, 3.05) is 18.0 Å². The first kappa shape index (κ1) is 17.0. The lowest BCUT2D eigenvalue weighted by molar-refractivity contribution is -0.130. The van der Waals surface area contributed by atoms with E-state index in [0.29, 0.717) is 11.3 Å². The Kier molecular flexibility index (Phi) is 5.03. The van der Waals surface area contributed by atoms with Gasteiger partial charge in [-0.05, 0) is 50.6 Å². The molecule has 0 radical (unpaired) electrons. The monoisotopic (exact) mass is 333 g/mol. The van der Waals surface area contributed by atoms with E-state index in [1.165, 1.54) is 11.3 Å². The average molecular weight is 333 g/mol. The van der Waals surface area contributed by atoms with Gasteiger partial charge in [0.1, 0.15) is 5.76 Å². The molecule has 0 N–H and O–H groups in total. The molecule has 128 valence electrons.